The molecule has 1 saturated heterocycles. The summed E-state index contributed by atoms with van der Waals surface area (Å²) >= 11 is 6.07. The van der Waals surface area contributed by atoms with E-state index in [2.05, 4.69) is 5.16 Å². The fourth-order valence-electron chi connectivity index (χ4n) is 2.85. The predicted molar refractivity (Wildman–Crippen MR) is 96.7 cm³/mol. The van der Waals surface area contributed by atoms with Gasteiger partial charge in [-0.3, -0.25) is 4.79 Å². The van der Waals surface area contributed by atoms with Gasteiger partial charge in [0.05, 0.1) is 4.90 Å². The van der Waals surface area contributed by atoms with Crippen LogP contribution in [0.25, 0.3) is 0 Å². The first kappa shape index (κ1) is 18.9. The lowest BCUT2D eigenvalue weighted by molar-refractivity contribution is 0.0754. The van der Waals surface area contributed by atoms with Crippen molar-refractivity contribution in [3.05, 3.63) is 46.3 Å². The van der Waals surface area contributed by atoms with Gasteiger partial charge in [0, 0.05) is 37.3 Å². The number of halogens is 1. The first-order valence-corrected chi connectivity index (χ1v) is 10.1. The maximum Gasteiger partial charge on any atom is 0.276 e. The number of carbonyl (C=O) groups is 1. The molecule has 26 heavy (non-hydrogen) atoms. The summed E-state index contributed by atoms with van der Waals surface area (Å²) in [5.74, 6) is 0.308. The molecule has 1 fully saturated rings. The number of rotatable bonds is 3. The molecule has 0 N–H and O–H groups in total. The van der Waals surface area contributed by atoms with Crippen LogP contribution in [0.4, 0.5) is 0 Å². The Hall–Kier alpha value is -1.90. The monoisotopic (exact) mass is 397 g/mol. The molecule has 7 nitrogen and oxygen atoms in total. The average molecular weight is 398 g/mol. The largest absolute Gasteiger partial charge is 0.361 e. The van der Waals surface area contributed by atoms with Gasteiger partial charge in [-0.1, -0.05) is 22.8 Å². The highest BCUT2D eigenvalue weighted by molar-refractivity contribution is 7.89. The van der Waals surface area contributed by atoms with E-state index in [4.69, 9.17) is 16.1 Å². The number of aryl methyl sites for hydroxylation is 2. The molecule has 0 atom stereocenters. The summed E-state index contributed by atoms with van der Waals surface area (Å²) in [6.07, 6.45) is 0.543. The van der Waals surface area contributed by atoms with Crippen LogP contribution in [-0.4, -0.2) is 54.9 Å². The third-order valence-electron chi connectivity index (χ3n) is 4.37. The van der Waals surface area contributed by atoms with E-state index in [1.165, 1.54) is 10.4 Å². The number of aromatic nitrogens is 1. The molecule has 1 amide bonds. The number of hydrogen-bond acceptors (Lipinski definition) is 5. The molecule has 0 aliphatic carbocycles. The summed E-state index contributed by atoms with van der Waals surface area (Å²) < 4.78 is 32.1. The van der Waals surface area contributed by atoms with Crippen molar-refractivity contribution >= 4 is 27.5 Å². The third-order valence-corrected chi connectivity index (χ3v) is 6.67. The van der Waals surface area contributed by atoms with Gasteiger partial charge in [0.1, 0.15) is 5.76 Å². The molecule has 0 unspecified atom stereocenters. The van der Waals surface area contributed by atoms with Gasteiger partial charge < -0.3 is 9.42 Å². The van der Waals surface area contributed by atoms with E-state index in [0.717, 1.165) is 5.56 Å². The molecule has 1 aliphatic heterocycles. The van der Waals surface area contributed by atoms with Crippen LogP contribution in [0, 0.1) is 13.8 Å². The normalized spacial score (nSPS) is 16.5. The van der Waals surface area contributed by atoms with Crippen molar-refractivity contribution < 1.29 is 17.7 Å². The second kappa shape index (κ2) is 7.38. The lowest BCUT2D eigenvalue weighted by Gasteiger charge is -2.21. The van der Waals surface area contributed by atoms with E-state index < -0.39 is 10.0 Å². The average Bonchev–Trinajstić information content (AvgIpc) is 2.88. The number of sulfonamides is 1. The number of nitrogens with zero attached hydrogens (tertiary/aromatic N) is 3. The molecule has 1 aromatic carbocycles. The van der Waals surface area contributed by atoms with Gasteiger partial charge in [0.25, 0.3) is 5.91 Å². The zero-order valence-corrected chi connectivity index (χ0v) is 16.2. The second-order valence-corrected chi connectivity index (χ2v) is 8.63. The molecule has 0 spiro atoms. The number of carbonyl (C=O) groups excluding carboxylic acids is 1. The van der Waals surface area contributed by atoms with E-state index in [0.29, 0.717) is 36.8 Å². The standard InChI is InChI=1S/C17H20ClN3O4S/c1-12-4-5-14(11-15(12)18)26(23,24)21-7-3-6-20(8-9-21)17(22)16-10-13(2)25-19-16/h4-5,10-11H,3,6-9H2,1-2H3. The first-order chi connectivity index (χ1) is 12.3. The second-order valence-electron chi connectivity index (χ2n) is 6.28. The molecule has 2 heterocycles. The van der Waals surface area contributed by atoms with Crippen LogP contribution in [-0.2, 0) is 10.0 Å². The Balaban J connectivity index is 1.75. The van der Waals surface area contributed by atoms with Crippen molar-refractivity contribution in [1.82, 2.24) is 14.4 Å². The molecule has 0 radical (unpaired) electrons. The van der Waals surface area contributed by atoms with Gasteiger partial charge in [-0.05, 0) is 38.0 Å². The molecule has 2 aromatic rings. The lowest BCUT2D eigenvalue weighted by Crippen LogP contribution is -2.37. The summed E-state index contributed by atoms with van der Waals surface area (Å²) in [7, 11) is -3.66. The summed E-state index contributed by atoms with van der Waals surface area (Å²) in [6, 6.07) is 6.30. The molecule has 1 aliphatic rings. The molecule has 3 rings (SSSR count). The zero-order chi connectivity index (χ0) is 18.9. The SMILES string of the molecule is Cc1cc(C(=O)N2CCCN(S(=O)(=O)c3ccc(C)c(Cl)c3)CC2)no1. The van der Waals surface area contributed by atoms with E-state index in [9.17, 15) is 13.2 Å². The highest BCUT2D eigenvalue weighted by atomic mass is 35.5. The van der Waals surface area contributed by atoms with Crippen molar-refractivity contribution in [2.24, 2.45) is 0 Å². The van der Waals surface area contributed by atoms with Crippen molar-refractivity contribution in [3.63, 3.8) is 0 Å². The Morgan fingerprint density at radius 3 is 2.58 bits per heavy atom. The lowest BCUT2D eigenvalue weighted by atomic mass is 10.2. The zero-order valence-electron chi connectivity index (χ0n) is 14.6. The molecule has 140 valence electrons. The Morgan fingerprint density at radius 2 is 1.92 bits per heavy atom. The topological polar surface area (TPSA) is 83.7 Å². The van der Waals surface area contributed by atoms with E-state index >= 15 is 0 Å². The van der Waals surface area contributed by atoms with Crippen LogP contribution >= 0.6 is 11.6 Å². The molecule has 0 bridgehead atoms. The Bertz CT molecular complexity index is 926. The van der Waals surface area contributed by atoms with Gasteiger partial charge >= 0.3 is 0 Å². The van der Waals surface area contributed by atoms with Crippen LogP contribution in [0.5, 0.6) is 0 Å². The Kier molecular flexibility index (Phi) is 5.36. The number of benzene rings is 1. The maximum absolute atomic E-state index is 12.9. The van der Waals surface area contributed by atoms with Gasteiger partial charge in [-0.15, -0.1) is 0 Å². The van der Waals surface area contributed by atoms with E-state index in [1.54, 1.807) is 30.0 Å². The van der Waals surface area contributed by atoms with Crippen LogP contribution in [0.3, 0.4) is 0 Å². The Labute approximate surface area is 157 Å². The third kappa shape index (κ3) is 3.77. The minimum atomic E-state index is -3.66. The van der Waals surface area contributed by atoms with E-state index in [1.807, 2.05) is 6.92 Å². The Morgan fingerprint density at radius 1 is 1.15 bits per heavy atom. The maximum atomic E-state index is 12.9. The van der Waals surface area contributed by atoms with Crippen LogP contribution in [0.1, 0.15) is 28.2 Å². The van der Waals surface area contributed by atoms with Crippen LogP contribution < -0.4 is 0 Å². The van der Waals surface area contributed by atoms with Crippen molar-refractivity contribution in [3.8, 4) is 0 Å². The summed E-state index contributed by atoms with van der Waals surface area (Å²) in [6.45, 7) is 4.85. The van der Waals surface area contributed by atoms with Gasteiger partial charge in [0.2, 0.25) is 10.0 Å². The van der Waals surface area contributed by atoms with Gasteiger partial charge in [0.15, 0.2) is 5.69 Å². The molecule has 0 saturated carbocycles. The molecular formula is C17H20ClN3O4S. The smallest absolute Gasteiger partial charge is 0.276 e. The highest BCUT2D eigenvalue weighted by Gasteiger charge is 2.29. The molecule has 1 aromatic heterocycles. The fourth-order valence-corrected chi connectivity index (χ4v) is 4.59. The van der Waals surface area contributed by atoms with Crippen molar-refractivity contribution in [2.45, 2.75) is 25.2 Å². The van der Waals surface area contributed by atoms with Crippen molar-refractivity contribution in [2.75, 3.05) is 26.2 Å². The summed E-state index contributed by atoms with van der Waals surface area (Å²) in [5.41, 5.74) is 1.06. The highest BCUT2D eigenvalue weighted by Crippen LogP contribution is 2.24. The van der Waals surface area contributed by atoms with E-state index in [-0.39, 0.29) is 23.0 Å². The van der Waals surface area contributed by atoms with Crippen LogP contribution in [0.15, 0.2) is 33.7 Å². The predicted octanol–water partition coefficient (Wildman–Crippen LogP) is 2.48. The first-order valence-electron chi connectivity index (χ1n) is 8.28. The number of hydrogen-bond donors (Lipinski definition) is 0. The van der Waals surface area contributed by atoms with Crippen molar-refractivity contribution in [1.29, 1.82) is 0 Å². The number of amides is 1. The van der Waals surface area contributed by atoms with Gasteiger partial charge in [-0.2, -0.15) is 4.31 Å². The minimum Gasteiger partial charge on any atom is -0.361 e. The van der Waals surface area contributed by atoms with Gasteiger partial charge in [-0.25, -0.2) is 8.42 Å². The summed E-state index contributed by atoms with van der Waals surface area (Å²) in [5, 5.41) is 4.16. The quantitative estimate of drug-likeness (QED) is 0.794. The molecular weight excluding hydrogens is 378 g/mol. The fraction of sp³-hybridized carbons (Fsp3) is 0.412. The summed E-state index contributed by atoms with van der Waals surface area (Å²) in [4.78, 5) is 14.3. The van der Waals surface area contributed by atoms with Crippen LogP contribution in [0.2, 0.25) is 5.02 Å². The molecule has 9 heteroatoms. The minimum absolute atomic E-state index is 0.167.